The summed E-state index contributed by atoms with van der Waals surface area (Å²) in [6.07, 6.45) is 1.52. The molecule has 0 spiro atoms. The van der Waals surface area contributed by atoms with Gasteiger partial charge in [0.15, 0.2) is 0 Å². The maximum atomic E-state index is 12.9. The van der Waals surface area contributed by atoms with Gasteiger partial charge in [-0.2, -0.15) is 5.10 Å². The Labute approximate surface area is 199 Å². The van der Waals surface area contributed by atoms with Crippen molar-refractivity contribution in [3.63, 3.8) is 0 Å². The third kappa shape index (κ3) is 5.71. The smallest absolute Gasteiger partial charge is 0.261 e. The number of H-pyrrole nitrogens is 1. The number of aryl methyl sites for hydroxylation is 1. The van der Waals surface area contributed by atoms with Gasteiger partial charge in [0.25, 0.3) is 15.9 Å². The number of anilines is 1. The van der Waals surface area contributed by atoms with Crippen LogP contribution in [0.25, 0.3) is 11.3 Å². The van der Waals surface area contributed by atoms with Crippen LogP contribution in [-0.4, -0.2) is 43.0 Å². The van der Waals surface area contributed by atoms with Gasteiger partial charge in [-0.1, -0.05) is 54.6 Å². The fourth-order valence-corrected chi connectivity index (χ4v) is 4.68. The molecule has 4 rings (SSSR count). The molecule has 0 aliphatic carbocycles. The van der Waals surface area contributed by atoms with E-state index >= 15 is 0 Å². The Balaban J connectivity index is 1.34. The predicted octanol–water partition coefficient (Wildman–Crippen LogP) is 4.58. The third-order valence-corrected chi connectivity index (χ3v) is 6.80. The second kappa shape index (κ2) is 10.4. The number of aromatic amines is 1. The van der Waals surface area contributed by atoms with Crippen LogP contribution >= 0.6 is 0 Å². The van der Waals surface area contributed by atoms with Crippen LogP contribution in [0.15, 0.2) is 95.9 Å². The highest BCUT2D eigenvalue weighted by Gasteiger charge is 2.16. The maximum Gasteiger partial charge on any atom is 0.261 e. The summed E-state index contributed by atoms with van der Waals surface area (Å²) in [6.45, 7) is 0.554. The molecule has 1 heterocycles. The summed E-state index contributed by atoms with van der Waals surface area (Å²) in [4.78, 5) is 14.7. The number of sulfonamides is 1. The van der Waals surface area contributed by atoms with Gasteiger partial charge >= 0.3 is 0 Å². The van der Waals surface area contributed by atoms with Crippen molar-refractivity contribution in [3.05, 3.63) is 102 Å². The lowest BCUT2D eigenvalue weighted by Gasteiger charge is -2.17. The molecule has 1 aromatic heterocycles. The largest absolute Gasteiger partial charge is 0.342 e. The first-order chi connectivity index (χ1) is 16.4. The molecule has 2 N–H and O–H groups in total. The van der Waals surface area contributed by atoms with Crippen LogP contribution in [0, 0.1) is 0 Å². The van der Waals surface area contributed by atoms with Gasteiger partial charge in [-0.3, -0.25) is 14.6 Å². The number of benzene rings is 3. The molecule has 0 unspecified atom stereocenters. The standard InChI is InChI=1S/C26H26N4O3S/c1-30(17-9-14-22-19-25(28-27-22)20-10-4-2-5-11-20)26(31)21-12-8-13-23(18-21)29-34(32,33)24-15-6-3-7-16-24/h2-8,10-13,15-16,18-19,29H,9,14,17H2,1H3,(H,27,28). The second-order valence-electron chi connectivity index (χ2n) is 7.97. The second-order valence-corrected chi connectivity index (χ2v) is 9.66. The lowest BCUT2D eigenvalue weighted by molar-refractivity contribution is 0.0793. The summed E-state index contributed by atoms with van der Waals surface area (Å²) in [5.74, 6) is -0.171. The Hall–Kier alpha value is -3.91. The minimum atomic E-state index is -3.72. The van der Waals surface area contributed by atoms with Crippen LogP contribution < -0.4 is 4.72 Å². The van der Waals surface area contributed by atoms with Gasteiger partial charge in [0, 0.05) is 36.1 Å². The van der Waals surface area contributed by atoms with Gasteiger partial charge in [0.05, 0.1) is 10.6 Å². The van der Waals surface area contributed by atoms with E-state index in [1.165, 1.54) is 12.1 Å². The highest BCUT2D eigenvalue weighted by atomic mass is 32.2. The number of nitrogens with one attached hydrogen (secondary N) is 2. The van der Waals surface area contributed by atoms with Crippen LogP contribution in [0.4, 0.5) is 5.69 Å². The van der Waals surface area contributed by atoms with Gasteiger partial charge in [0.2, 0.25) is 0 Å². The Morgan fingerprint density at radius 3 is 2.38 bits per heavy atom. The molecule has 0 aliphatic rings. The lowest BCUT2D eigenvalue weighted by atomic mass is 10.1. The van der Waals surface area contributed by atoms with Crippen molar-refractivity contribution >= 4 is 21.6 Å². The first-order valence-electron chi connectivity index (χ1n) is 11.0. The molecule has 0 saturated carbocycles. The van der Waals surface area contributed by atoms with E-state index in [4.69, 9.17) is 0 Å². The molecule has 1 amide bonds. The number of hydrogen-bond acceptors (Lipinski definition) is 4. The molecule has 0 aliphatic heterocycles. The van der Waals surface area contributed by atoms with Crippen molar-refractivity contribution in [3.8, 4) is 11.3 Å². The number of hydrogen-bond donors (Lipinski definition) is 2. The van der Waals surface area contributed by atoms with Gasteiger partial charge in [-0.05, 0) is 49.2 Å². The highest BCUT2D eigenvalue weighted by molar-refractivity contribution is 7.92. The first kappa shape index (κ1) is 23.3. The van der Waals surface area contributed by atoms with E-state index in [9.17, 15) is 13.2 Å². The Kier molecular flexibility index (Phi) is 7.08. The van der Waals surface area contributed by atoms with E-state index < -0.39 is 10.0 Å². The average molecular weight is 475 g/mol. The van der Waals surface area contributed by atoms with Crippen molar-refractivity contribution in [2.24, 2.45) is 0 Å². The predicted molar refractivity (Wildman–Crippen MR) is 133 cm³/mol. The molecule has 0 atom stereocenters. The molecule has 7 nitrogen and oxygen atoms in total. The molecule has 0 fully saturated rings. The van der Waals surface area contributed by atoms with E-state index in [0.717, 1.165) is 29.8 Å². The van der Waals surface area contributed by atoms with E-state index in [2.05, 4.69) is 14.9 Å². The Bertz CT molecular complexity index is 1350. The Morgan fingerprint density at radius 1 is 0.941 bits per heavy atom. The monoisotopic (exact) mass is 474 g/mol. The SMILES string of the molecule is CN(CCCc1cc(-c2ccccc2)n[nH]1)C(=O)c1cccc(NS(=O)(=O)c2ccccc2)c1. The van der Waals surface area contributed by atoms with Crippen LogP contribution in [0.1, 0.15) is 22.5 Å². The van der Waals surface area contributed by atoms with Crippen LogP contribution in [0.3, 0.4) is 0 Å². The maximum absolute atomic E-state index is 12.9. The van der Waals surface area contributed by atoms with Gasteiger partial charge in [-0.15, -0.1) is 0 Å². The molecular formula is C26H26N4O3S. The summed E-state index contributed by atoms with van der Waals surface area (Å²) in [5, 5.41) is 7.43. The molecule has 34 heavy (non-hydrogen) atoms. The summed E-state index contributed by atoms with van der Waals surface area (Å²) >= 11 is 0. The average Bonchev–Trinajstić information content (AvgIpc) is 3.33. The zero-order chi connectivity index (χ0) is 24.0. The summed E-state index contributed by atoms with van der Waals surface area (Å²) in [5.41, 5.74) is 3.73. The van der Waals surface area contributed by atoms with Crippen molar-refractivity contribution in [2.75, 3.05) is 18.3 Å². The number of carbonyl (C=O) groups is 1. The fraction of sp³-hybridized carbons (Fsp3) is 0.154. The number of amides is 1. The van der Waals surface area contributed by atoms with E-state index in [1.807, 2.05) is 36.4 Å². The summed E-state index contributed by atoms with van der Waals surface area (Å²) in [7, 11) is -1.98. The quantitative estimate of drug-likeness (QED) is 0.371. The minimum absolute atomic E-state index is 0.165. The zero-order valence-corrected chi connectivity index (χ0v) is 19.6. The molecule has 0 radical (unpaired) electrons. The first-order valence-corrected chi connectivity index (χ1v) is 12.4. The topological polar surface area (TPSA) is 95.2 Å². The lowest BCUT2D eigenvalue weighted by Crippen LogP contribution is -2.28. The van der Waals surface area contributed by atoms with Gasteiger partial charge < -0.3 is 4.90 Å². The summed E-state index contributed by atoms with van der Waals surface area (Å²) in [6, 6.07) is 26.6. The number of nitrogens with zero attached hydrogens (tertiary/aromatic N) is 2. The van der Waals surface area contributed by atoms with E-state index in [0.29, 0.717) is 17.8 Å². The van der Waals surface area contributed by atoms with Crippen molar-refractivity contribution in [1.82, 2.24) is 15.1 Å². The molecular weight excluding hydrogens is 448 g/mol. The molecule has 174 valence electrons. The number of carbonyl (C=O) groups excluding carboxylic acids is 1. The molecule has 3 aromatic carbocycles. The van der Waals surface area contributed by atoms with E-state index in [-0.39, 0.29) is 10.8 Å². The van der Waals surface area contributed by atoms with Crippen LogP contribution in [0.5, 0.6) is 0 Å². The molecule has 8 heteroatoms. The summed E-state index contributed by atoms with van der Waals surface area (Å²) < 4.78 is 27.7. The molecule has 0 bridgehead atoms. The van der Waals surface area contributed by atoms with Crippen molar-refractivity contribution in [2.45, 2.75) is 17.7 Å². The fourth-order valence-electron chi connectivity index (χ4n) is 3.60. The van der Waals surface area contributed by atoms with Gasteiger partial charge in [0.1, 0.15) is 0 Å². The normalized spacial score (nSPS) is 11.2. The van der Waals surface area contributed by atoms with Crippen molar-refractivity contribution < 1.29 is 13.2 Å². The number of rotatable bonds is 9. The van der Waals surface area contributed by atoms with Crippen LogP contribution in [0.2, 0.25) is 0 Å². The van der Waals surface area contributed by atoms with E-state index in [1.54, 1.807) is 54.4 Å². The van der Waals surface area contributed by atoms with Gasteiger partial charge in [-0.25, -0.2) is 8.42 Å². The zero-order valence-electron chi connectivity index (χ0n) is 18.8. The van der Waals surface area contributed by atoms with Crippen molar-refractivity contribution in [1.29, 1.82) is 0 Å². The highest BCUT2D eigenvalue weighted by Crippen LogP contribution is 2.19. The molecule has 0 saturated heterocycles. The molecule has 4 aromatic rings. The number of aromatic nitrogens is 2. The Morgan fingerprint density at radius 2 is 1.65 bits per heavy atom. The van der Waals surface area contributed by atoms with Crippen LogP contribution in [-0.2, 0) is 16.4 Å². The third-order valence-electron chi connectivity index (χ3n) is 5.40. The minimum Gasteiger partial charge on any atom is -0.342 e.